The number of aliphatic hydroxyl groups is 1. The van der Waals surface area contributed by atoms with Crippen LogP contribution in [0.5, 0.6) is 5.75 Å². The summed E-state index contributed by atoms with van der Waals surface area (Å²) in [5.41, 5.74) is 1.32. The summed E-state index contributed by atoms with van der Waals surface area (Å²) in [4.78, 5) is 2.44. The van der Waals surface area contributed by atoms with Gasteiger partial charge in [-0.15, -0.1) is 0 Å². The Kier molecular flexibility index (Phi) is 5.86. The first kappa shape index (κ1) is 15.3. The molecule has 1 atom stereocenters. The molecule has 1 N–H and O–H groups in total. The zero-order chi connectivity index (χ0) is 14.4. The van der Waals surface area contributed by atoms with E-state index in [2.05, 4.69) is 43.0 Å². The van der Waals surface area contributed by atoms with Crippen molar-refractivity contribution in [3.8, 4) is 5.75 Å². The van der Waals surface area contributed by atoms with Gasteiger partial charge in [0.15, 0.2) is 0 Å². The second-order valence-corrected chi connectivity index (χ2v) is 6.27. The van der Waals surface area contributed by atoms with Crippen molar-refractivity contribution in [2.24, 2.45) is 11.8 Å². The van der Waals surface area contributed by atoms with Crippen molar-refractivity contribution in [3.63, 3.8) is 0 Å². The maximum Gasteiger partial charge on any atom is 0.119 e. The molecule has 0 spiro atoms. The predicted molar refractivity (Wildman–Crippen MR) is 81.9 cm³/mol. The molecule has 1 aromatic rings. The number of hydrogen-bond donors (Lipinski definition) is 1. The Morgan fingerprint density at radius 2 is 2.05 bits per heavy atom. The van der Waals surface area contributed by atoms with Gasteiger partial charge >= 0.3 is 0 Å². The van der Waals surface area contributed by atoms with Crippen LogP contribution in [0.4, 0.5) is 0 Å². The van der Waals surface area contributed by atoms with Gasteiger partial charge in [-0.2, -0.15) is 0 Å². The normalized spacial score (nSPS) is 20.3. The van der Waals surface area contributed by atoms with E-state index in [1.165, 1.54) is 12.0 Å². The van der Waals surface area contributed by atoms with E-state index in [1.54, 1.807) is 0 Å². The molecular formula is C17H27NO2. The maximum absolute atomic E-state index is 9.27. The van der Waals surface area contributed by atoms with Gasteiger partial charge in [0.2, 0.25) is 0 Å². The Morgan fingerprint density at radius 3 is 2.70 bits per heavy atom. The topological polar surface area (TPSA) is 32.7 Å². The van der Waals surface area contributed by atoms with Gasteiger partial charge < -0.3 is 9.84 Å². The predicted octanol–water partition coefficient (Wildman–Crippen LogP) is 2.93. The van der Waals surface area contributed by atoms with Crippen LogP contribution in [0.3, 0.4) is 0 Å². The molecule has 1 aromatic carbocycles. The quantitative estimate of drug-likeness (QED) is 0.868. The minimum atomic E-state index is 0.318. The lowest BCUT2D eigenvalue weighted by Gasteiger charge is -2.31. The van der Waals surface area contributed by atoms with Crippen LogP contribution in [0.2, 0.25) is 0 Å². The molecule has 0 saturated carbocycles. The van der Waals surface area contributed by atoms with Crippen molar-refractivity contribution in [2.45, 2.75) is 33.2 Å². The largest absolute Gasteiger partial charge is 0.493 e. The summed E-state index contributed by atoms with van der Waals surface area (Å²) >= 11 is 0. The fourth-order valence-electron chi connectivity index (χ4n) is 2.66. The highest BCUT2D eigenvalue weighted by Gasteiger charge is 2.18. The van der Waals surface area contributed by atoms with Crippen LogP contribution in [-0.2, 0) is 6.54 Å². The van der Waals surface area contributed by atoms with Gasteiger partial charge in [0.05, 0.1) is 6.61 Å². The molecule has 1 saturated heterocycles. The molecule has 1 aliphatic rings. The third-order valence-electron chi connectivity index (χ3n) is 3.77. The molecule has 3 nitrogen and oxygen atoms in total. The fourth-order valence-corrected chi connectivity index (χ4v) is 2.66. The minimum absolute atomic E-state index is 0.318. The summed E-state index contributed by atoms with van der Waals surface area (Å²) in [5.74, 6) is 1.96. The summed E-state index contributed by atoms with van der Waals surface area (Å²) in [5, 5.41) is 9.27. The van der Waals surface area contributed by atoms with E-state index in [0.29, 0.717) is 18.4 Å². The molecule has 0 aliphatic carbocycles. The molecule has 0 bridgehead atoms. The van der Waals surface area contributed by atoms with Crippen LogP contribution in [0.25, 0.3) is 0 Å². The second kappa shape index (κ2) is 7.65. The first-order chi connectivity index (χ1) is 9.67. The molecule has 112 valence electrons. The van der Waals surface area contributed by atoms with Gasteiger partial charge in [-0.05, 0) is 48.9 Å². The molecule has 0 radical (unpaired) electrons. The van der Waals surface area contributed by atoms with Crippen molar-refractivity contribution < 1.29 is 9.84 Å². The third-order valence-corrected chi connectivity index (χ3v) is 3.77. The number of piperidine rings is 1. The summed E-state index contributed by atoms with van der Waals surface area (Å²) in [7, 11) is 0. The van der Waals surface area contributed by atoms with Crippen molar-refractivity contribution in [3.05, 3.63) is 29.8 Å². The van der Waals surface area contributed by atoms with Crippen LogP contribution >= 0.6 is 0 Å². The number of ether oxygens (including phenoxy) is 1. The Hall–Kier alpha value is -1.06. The van der Waals surface area contributed by atoms with Crippen molar-refractivity contribution >= 4 is 0 Å². The first-order valence-corrected chi connectivity index (χ1v) is 7.72. The standard InChI is InChI=1S/C17H27NO2/c1-14(2)13-20-17-7-5-15(6-8-17)10-18-9-3-4-16(11-18)12-19/h5-8,14,16,19H,3-4,9-13H2,1-2H3. The number of nitrogens with zero attached hydrogens (tertiary/aromatic N) is 1. The van der Waals surface area contributed by atoms with Gasteiger partial charge in [0.1, 0.15) is 5.75 Å². The second-order valence-electron chi connectivity index (χ2n) is 6.27. The SMILES string of the molecule is CC(C)COc1ccc(CN2CCCC(CO)C2)cc1. The van der Waals surface area contributed by atoms with E-state index in [4.69, 9.17) is 4.74 Å². The highest BCUT2D eigenvalue weighted by Crippen LogP contribution is 2.19. The Morgan fingerprint density at radius 1 is 1.30 bits per heavy atom. The smallest absolute Gasteiger partial charge is 0.119 e. The molecule has 2 rings (SSSR count). The number of rotatable bonds is 6. The van der Waals surface area contributed by atoms with Gasteiger partial charge in [-0.1, -0.05) is 26.0 Å². The number of hydrogen-bond acceptors (Lipinski definition) is 3. The molecule has 0 aromatic heterocycles. The first-order valence-electron chi connectivity index (χ1n) is 7.72. The zero-order valence-corrected chi connectivity index (χ0v) is 12.7. The summed E-state index contributed by atoms with van der Waals surface area (Å²) in [6.45, 7) is 8.53. The lowest BCUT2D eigenvalue weighted by atomic mass is 9.98. The fraction of sp³-hybridized carbons (Fsp3) is 0.647. The van der Waals surface area contributed by atoms with Gasteiger partial charge in [-0.3, -0.25) is 4.90 Å². The Bertz CT molecular complexity index is 388. The van der Waals surface area contributed by atoms with E-state index in [9.17, 15) is 5.11 Å². The average molecular weight is 277 g/mol. The van der Waals surface area contributed by atoms with Crippen molar-refractivity contribution in [1.29, 1.82) is 0 Å². The summed E-state index contributed by atoms with van der Waals surface area (Å²) < 4.78 is 5.70. The van der Waals surface area contributed by atoms with Crippen LogP contribution < -0.4 is 4.74 Å². The molecule has 3 heteroatoms. The monoisotopic (exact) mass is 277 g/mol. The van der Waals surface area contributed by atoms with Gasteiger partial charge in [-0.25, -0.2) is 0 Å². The average Bonchev–Trinajstić information content (AvgIpc) is 2.47. The number of likely N-dealkylation sites (tertiary alicyclic amines) is 1. The number of benzene rings is 1. The minimum Gasteiger partial charge on any atom is -0.493 e. The molecule has 1 unspecified atom stereocenters. The summed E-state index contributed by atoms with van der Waals surface area (Å²) in [6.07, 6.45) is 2.36. The Labute approximate surface area is 122 Å². The van der Waals surface area contributed by atoms with E-state index < -0.39 is 0 Å². The van der Waals surface area contributed by atoms with Crippen LogP contribution in [0, 0.1) is 11.8 Å². The highest BCUT2D eigenvalue weighted by atomic mass is 16.5. The van der Waals surface area contributed by atoms with Crippen LogP contribution in [-0.4, -0.2) is 36.3 Å². The molecular weight excluding hydrogens is 250 g/mol. The number of aliphatic hydroxyl groups excluding tert-OH is 1. The van der Waals surface area contributed by atoms with E-state index in [1.807, 2.05) is 0 Å². The van der Waals surface area contributed by atoms with Crippen molar-refractivity contribution in [2.75, 3.05) is 26.3 Å². The van der Waals surface area contributed by atoms with Crippen molar-refractivity contribution in [1.82, 2.24) is 4.90 Å². The third kappa shape index (κ3) is 4.80. The molecule has 1 aliphatic heterocycles. The highest BCUT2D eigenvalue weighted by molar-refractivity contribution is 5.27. The maximum atomic E-state index is 9.27. The van der Waals surface area contributed by atoms with E-state index in [0.717, 1.165) is 38.4 Å². The van der Waals surface area contributed by atoms with E-state index in [-0.39, 0.29) is 0 Å². The van der Waals surface area contributed by atoms with Crippen LogP contribution in [0.1, 0.15) is 32.3 Å². The van der Waals surface area contributed by atoms with Gasteiger partial charge in [0.25, 0.3) is 0 Å². The molecule has 0 amide bonds. The lowest BCUT2D eigenvalue weighted by Crippen LogP contribution is -2.36. The molecule has 1 heterocycles. The molecule has 1 fully saturated rings. The lowest BCUT2D eigenvalue weighted by molar-refractivity contribution is 0.116. The van der Waals surface area contributed by atoms with Gasteiger partial charge in [0, 0.05) is 19.7 Å². The van der Waals surface area contributed by atoms with Crippen LogP contribution in [0.15, 0.2) is 24.3 Å². The Balaban J connectivity index is 1.83. The summed E-state index contributed by atoms with van der Waals surface area (Å²) in [6, 6.07) is 8.42. The van der Waals surface area contributed by atoms with E-state index >= 15 is 0 Å². The zero-order valence-electron chi connectivity index (χ0n) is 12.7. The molecule has 20 heavy (non-hydrogen) atoms.